The molecule has 4 aromatic rings. The van der Waals surface area contributed by atoms with E-state index in [0.717, 1.165) is 66.7 Å². The molecule has 1 fully saturated rings. The summed E-state index contributed by atoms with van der Waals surface area (Å²) in [5, 5.41) is 11.8. The molecule has 7 heteroatoms. The Morgan fingerprint density at radius 1 is 1.11 bits per heavy atom. The van der Waals surface area contributed by atoms with Gasteiger partial charge in [-0.1, -0.05) is 18.2 Å². The van der Waals surface area contributed by atoms with E-state index in [0.29, 0.717) is 0 Å². The number of nitrogens with one attached hydrogen (secondary N) is 1. The van der Waals surface area contributed by atoms with E-state index < -0.39 is 0 Å². The van der Waals surface area contributed by atoms with E-state index in [1.165, 1.54) is 11.3 Å². The summed E-state index contributed by atoms with van der Waals surface area (Å²) in [4.78, 5) is 9.56. The van der Waals surface area contributed by atoms with Gasteiger partial charge in [-0.05, 0) is 19.1 Å². The van der Waals surface area contributed by atoms with Crippen LogP contribution in [0.2, 0.25) is 0 Å². The normalized spacial score (nSPS) is 16.2. The van der Waals surface area contributed by atoms with Crippen molar-refractivity contribution in [3.8, 4) is 11.5 Å². The lowest BCUT2D eigenvalue weighted by atomic mass is 10.1. The van der Waals surface area contributed by atoms with Crippen LogP contribution in [0, 0.1) is 6.92 Å². The van der Waals surface area contributed by atoms with Gasteiger partial charge in [0, 0.05) is 55.6 Å². The van der Waals surface area contributed by atoms with E-state index in [1.807, 2.05) is 24.4 Å². The molecule has 3 aromatic heterocycles. The Morgan fingerprint density at radius 2 is 1.89 bits per heavy atom. The Balaban J connectivity index is 1.24. The molecule has 0 radical (unpaired) electrons. The number of furan rings is 1. The number of hydrogen-bond donors (Lipinski definition) is 1. The standard InChI is InChI=1S/C21H23N5OS/c1-15-23-18(14-28-15)13-26-8-6-25(7-9-26)12-17-11-22-24-21(17)20-10-16-4-2-3-5-19(16)27-20/h2-5,10-11,14H,6-9,12-13H2,1H3,(H,22,24). The van der Waals surface area contributed by atoms with Crippen LogP contribution in [0.1, 0.15) is 16.3 Å². The highest BCUT2D eigenvalue weighted by molar-refractivity contribution is 7.09. The summed E-state index contributed by atoms with van der Waals surface area (Å²) in [5.74, 6) is 0.853. The van der Waals surface area contributed by atoms with Crippen molar-refractivity contribution < 1.29 is 4.42 Å². The summed E-state index contributed by atoms with van der Waals surface area (Å²) in [5.41, 5.74) is 4.26. The number of thiazole rings is 1. The third kappa shape index (κ3) is 3.61. The zero-order chi connectivity index (χ0) is 18.9. The van der Waals surface area contributed by atoms with E-state index >= 15 is 0 Å². The predicted molar refractivity (Wildman–Crippen MR) is 111 cm³/mol. The summed E-state index contributed by atoms with van der Waals surface area (Å²) in [6.45, 7) is 8.13. The molecule has 4 heterocycles. The van der Waals surface area contributed by atoms with Gasteiger partial charge in [-0.15, -0.1) is 11.3 Å². The fourth-order valence-corrected chi connectivity index (χ4v) is 4.41. The van der Waals surface area contributed by atoms with Crippen LogP contribution in [-0.4, -0.2) is 51.2 Å². The quantitative estimate of drug-likeness (QED) is 0.557. The number of aromatic amines is 1. The van der Waals surface area contributed by atoms with E-state index in [2.05, 4.69) is 49.4 Å². The molecule has 0 bridgehead atoms. The number of para-hydroxylation sites is 1. The summed E-state index contributed by atoms with van der Waals surface area (Å²) in [7, 11) is 0. The Kier molecular flexibility index (Phi) is 4.72. The van der Waals surface area contributed by atoms with Crippen molar-refractivity contribution in [2.24, 2.45) is 0 Å². The molecule has 1 N–H and O–H groups in total. The highest BCUT2D eigenvalue weighted by atomic mass is 32.1. The molecule has 0 aliphatic carbocycles. The average molecular weight is 394 g/mol. The maximum atomic E-state index is 6.02. The summed E-state index contributed by atoms with van der Waals surface area (Å²) >= 11 is 1.73. The van der Waals surface area contributed by atoms with E-state index in [-0.39, 0.29) is 0 Å². The highest BCUT2D eigenvalue weighted by Gasteiger charge is 2.20. The van der Waals surface area contributed by atoms with Crippen molar-refractivity contribution in [1.29, 1.82) is 0 Å². The molecule has 0 atom stereocenters. The Morgan fingerprint density at radius 3 is 2.64 bits per heavy atom. The number of hydrogen-bond acceptors (Lipinski definition) is 6. The van der Waals surface area contributed by atoms with E-state index in [1.54, 1.807) is 11.3 Å². The Hall–Kier alpha value is -2.48. The minimum Gasteiger partial charge on any atom is -0.454 e. The molecule has 0 unspecified atom stereocenters. The van der Waals surface area contributed by atoms with Gasteiger partial charge in [0.15, 0.2) is 5.76 Å². The maximum Gasteiger partial charge on any atom is 0.153 e. The predicted octanol–water partition coefficient (Wildman–Crippen LogP) is 3.91. The lowest BCUT2D eigenvalue weighted by Gasteiger charge is -2.34. The molecule has 0 saturated carbocycles. The molecule has 6 nitrogen and oxygen atoms in total. The van der Waals surface area contributed by atoms with Crippen LogP contribution in [0.5, 0.6) is 0 Å². The van der Waals surface area contributed by atoms with Crippen molar-refractivity contribution >= 4 is 22.3 Å². The number of fused-ring (bicyclic) bond motifs is 1. The van der Waals surface area contributed by atoms with Gasteiger partial charge < -0.3 is 4.42 Å². The highest BCUT2D eigenvalue weighted by Crippen LogP contribution is 2.29. The van der Waals surface area contributed by atoms with Crippen LogP contribution >= 0.6 is 11.3 Å². The number of aromatic nitrogens is 3. The first-order valence-electron chi connectivity index (χ1n) is 9.61. The molecule has 1 saturated heterocycles. The number of H-pyrrole nitrogens is 1. The number of benzene rings is 1. The molecule has 144 valence electrons. The van der Waals surface area contributed by atoms with Gasteiger partial charge in [-0.25, -0.2) is 4.98 Å². The minimum atomic E-state index is 0.853. The molecule has 28 heavy (non-hydrogen) atoms. The first-order chi connectivity index (χ1) is 13.7. The van der Waals surface area contributed by atoms with Gasteiger partial charge >= 0.3 is 0 Å². The molecule has 1 aliphatic heterocycles. The number of rotatable bonds is 5. The second-order valence-electron chi connectivity index (χ2n) is 7.33. The Labute approximate surface area is 167 Å². The minimum absolute atomic E-state index is 0.853. The van der Waals surface area contributed by atoms with Crippen LogP contribution in [0.3, 0.4) is 0 Å². The molecule has 5 rings (SSSR count). The van der Waals surface area contributed by atoms with Crippen molar-refractivity contribution in [3.63, 3.8) is 0 Å². The van der Waals surface area contributed by atoms with Gasteiger partial charge in [0.05, 0.1) is 16.9 Å². The van der Waals surface area contributed by atoms with Gasteiger partial charge in [0.2, 0.25) is 0 Å². The summed E-state index contributed by atoms with van der Waals surface area (Å²) in [6, 6.07) is 10.2. The number of piperazine rings is 1. The van der Waals surface area contributed by atoms with Gasteiger partial charge in [-0.3, -0.25) is 14.9 Å². The van der Waals surface area contributed by atoms with Crippen molar-refractivity contribution in [1.82, 2.24) is 25.0 Å². The SMILES string of the molecule is Cc1nc(CN2CCN(Cc3cn[nH]c3-c3cc4ccccc4o3)CC2)cs1. The molecule has 0 amide bonds. The molecule has 0 spiro atoms. The molecule has 1 aliphatic rings. The number of nitrogens with zero attached hydrogens (tertiary/aromatic N) is 4. The van der Waals surface area contributed by atoms with Gasteiger partial charge in [0.1, 0.15) is 11.3 Å². The van der Waals surface area contributed by atoms with Crippen LogP contribution in [0.25, 0.3) is 22.4 Å². The first-order valence-corrected chi connectivity index (χ1v) is 10.5. The van der Waals surface area contributed by atoms with Gasteiger partial charge in [0.25, 0.3) is 0 Å². The van der Waals surface area contributed by atoms with Crippen LogP contribution in [0.4, 0.5) is 0 Å². The molecular weight excluding hydrogens is 370 g/mol. The zero-order valence-electron chi connectivity index (χ0n) is 15.9. The fraction of sp³-hybridized carbons (Fsp3) is 0.333. The summed E-state index contributed by atoms with van der Waals surface area (Å²) in [6.07, 6.45) is 1.92. The van der Waals surface area contributed by atoms with E-state index in [4.69, 9.17) is 4.42 Å². The first kappa shape index (κ1) is 17.6. The van der Waals surface area contributed by atoms with Crippen molar-refractivity contribution in [3.05, 3.63) is 58.2 Å². The average Bonchev–Trinajstić information content (AvgIpc) is 3.42. The maximum absolute atomic E-state index is 6.02. The Bertz CT molecular complexity index is 1040. The van der Waals surface area contributed by atoms with Crippen LogP contribution in [0.15, 0.2) is 46.3 Å². The van der Waals surface area contributed by atoms with Gasteiger partial charge in [-0.2, -0.15) is 5.10 Å². The van der Waals surface area contributed by atoms with Crippen molar-refractivity contribution in [2.75, 3.05) is 26.2 Å². The second kappa shape index (κ2) is 7.50. The monoisotopic (exact) mass is 393 g/mol. The molecule has 1 aromatic carbocycles. The molecular formula is C21H23N5OS. The van der Waals surface area contributed by atoms with E-state index in [9.17, 15) is 0 Å². The lowest BCUT2D eigenvalue weighted by molar-refractivity contribution is 0.121. The topological polar surface area (TPSA) is 61.2 Å². The summed E-state index contributed by atoms with van der Waals surface area (Å²) < 4.78 is 6.02. The third-order valence-corrected chi connectivity index (χ3v) is 6.12. The largest absolute Gasteiger partial charge is 0.454 e. The van der Waals surface area contributed by atoms with Crippen LogP contribution in [-0.2, 0) is 13.1 Å². The third-order valence-electron chi connectivity index (χ3n) is 5.30. The number of aryl methyl sites for hydroxylation is 1. The second-order valence-corrected chi connectivity index (χ2v) is 8.39. The van der Waals surface area contributed by atoms with Crippen LogP contribution < -0.4 is 0 Å². The van der Waals surface area contributed by atoms with Crippen molar-refractivity contribution in [2.45, 2.75) is 20.0 Å². The fourth-order valence-electron chi connectivity index (χ4n) is 3.81. The zero-order valence-corrected chi connectivity index (χ0v) is 16.7. The lowest BCUT2D eigenvalue weighted by Crippen LogP contribution is -2.45. The smallest absolute Gasteiger partial charge is 0.153 e.